The number of carbonyl (C=O) groups excluding carboxylic acids is 1. The summed E-state index contributed by atoms with van der Waals surface area (Å²) in [5.74, 6) is -0.323. The minimum absolute atomic E-state index is 0.0601. The molecule has 1 aliphatic heterocycles. The van der Waals surface area contributed by atoms with Crippen LogP contribution >= 0.6 is 0 Å². The standard InChI is InChI=1S/C22H25F3N2O3/c1-30-14-16(28)12-26-13-20(29)27-11-10-15-6-2-3-7-17(15)21(27)18-8-4-5-9-19(18)22(23,24)25/h2-9,16,21,26,28H,10-14H2,1H3/t16-,21?/m0/s1. The number of aliphatic hydroxyl groups excluding tert-OH is 1. The van der Waals surface area contributed by atoms with Crippen molar-refractivity contribution in [2.24, 2.45) is 0 Å². The average Bonchev–Trinajstić information content (AvgIpc) is 2.72. The summed E-state index contributed by atoms with van der Waals surface area (Å²) in [4.78, 5) is 14.4. The highest BCUT2D eigenvalue weighted by atomic mass is 19.4. The van der Waals surface area contributed by atoms with E-state index in [2.05, 4.69) is 5.32 Å². The fourth-order valence-corrected chi connectivity index (χ4v) is 3.86. The SMILES string of the molecule is COC[C@@H](O)CNCC(=O)N1CCc2ccccc2C1c1ccccc1C(F)(F)F. The molecule has 30 heavy (non-hydrogen) atoms. The third-order valence-electron chi connectivity index (χ3n) is 5.18. The second-order valence-corrected chi connectivity index (χ2v) is 7.26. The number of rotatable bonds is 7. The Labute approximate surface area is 173 Å². The molecule has 0 saturated heterocycles. The molecule has 5 nitrogen and oxygen atoms in total. The number of nitrogens with one attached hydrogen (secondary N) is 1. The van der Waals surface area contributed by atoms with E-state index in [9.17, 15) is 23.1 Å². The summed E-state index contributed by atoms with van der Waals surface area (Å²) >= 11 is 0. The van der Waals surface area contributed by atoms with Gasteiger partial charge in [0.1, 0.15) is 0 Å². The van der Waals surface area contributed by atoms with Crippen LogP contribution in [0.1, 0.15) is 28.3 Å². The van der Waals surface area contributed by atoms with Crippen LogP contribution in [0.15, 0.2) is 48.5 Å². The van der Waals surface area contributed by atoms with Crippen LogP contribution in [0.3, 0.4) is 0 Å². The molecule has 2 N–H and O–H groups in total. The number of halogens is 3. The van der Waals surface area contributed by atoms with Gasteiger partial charge in [-0.1, -0.05) is 42.5 Å². The first kappa shape index (κ1) is 22.3. The van der Waals surface area contributed by atoms with E-state index in [-0.39, 0.29) is 31.2 Å². The summed E-state index contributed by atoms with van der Waals surface area (Å²) in [5, 5.41) is 12.6. The van der Waals surface area contributed by atoms with Gasteiger partial charge in [0.2, 0.25) is 5.91 Å². The lowest BCUT2D eigenvalue weighted by molar-refractivity contribution is -0.140. The Bertz CT molecular complexity index is 873. The van der Waals surface area contributed by atoms with E-state index < -0.39 is 23.9 Å². The van der Waals surface area contributed by atoms with Gasteiger partial charge in [0, 0.05) is 20.2 Å². The number of alkyl halides is 3. The minimum Gasteiger partial charge on any atom is -0.389 e. The van der Waals surface area contributed by atoms with E-state index in [1.54, 1.807) is 18.2 Å². The van der Waals surface area contributed by atoms with E-state index >= 15 is 0 Å². The number of methoxy groups -OCH3 is 1. The maximum Gasteiger partial charge on any atom is 0.416 e. The molecule has 1 unspecified atom stereocenters. The molecule has 2 atom stereocenters. The maximum absolute atomic E-state index is 13.7. The fourth-order valence-electron chi connectivity index (χ4n) is 3.86. The molecule has 0 fully saturated rings. The van der Waals surface area contributed by atoms with Crippen LogP contribution in [0.4, 0.5) is 13.2 Å². The van der Waals surface area contributed by atoms with Crippen LogP contribution in [-0.4, -0.2) is 55.4 Å². The second-order valence-electron chi connectivity index (χ2n) is 7.26. The fraction of sp³-hybridized carbons (Fsp3) is 0.409. The Morgan fingerprint density at radius 3 is 2.57 bits per heavy atom. The quantitative estimate of drug-likeness (QED) is 0.721. The van der Waals surface area contributed by atoms with Crippen molar-refractivity contribution in [3.05, 3.63) is 70.8 Å². The molecule has 8 heteroatoms. The molecule has 1 aliphatic rings. The van der Waals surface area contributed by atoms with Gasteiger partial charge in [0.15, 0.2) is 0 Å². The first-order valence-electron chi connectivity index (χ1n) is 9.74. The number of ether oxygens (including phenoxy) is 1. The normalized spacial score (nSPS) is 17.5. The van der Waals surface area contributed by atoms with Gasteiger partial charge in [-0.05, 0) is 29.2 Å². The first-order valence-corrected chi connectivity index (χ1v) is 9.74. The van der Waals surface area contributed by atoms with Crippen molar-refractivity contribution in [2.75, 3.05) is 33.4 Å². The Balaban J connectivity index is 1.92. The number of fused-ring (bicyclic) bond motifs is 1. The minimum atomic E-state index is -4.53. The van der Waals surface area contributed by atoms with Gasteiger partial charge >= 0.3 is 6.18 Å². The van der Waals surface area contributed by atoms with Crippen molar-refractivity contribution in [2.45, 2.75) is 24.7 Å². The molecular weight excluding hydrogens is 397 g/mol. The zero-order valence-electron chi connectivity index (χ0n) is 16.7. The van der Waals surface area contributed by atoms with Crippen LogP contribution in [0, 0.1) is 0 Å². The van der Waals surface area contributed by atoms with Crippen molar-refractivity contribution in [1.29, 1.82) is 0 Å². The van der Waals surface area contributed by atoms with Crippen molar-refractivity contribution >= 4 is 5.91 Å². The summed E-state index contributed by atoms with van der Waals surface area (Å²) in [5.41, 5.74) is 0.957. The summed E-state index contributed by atoms with van der Waals surface area (Å²) < 4.78 is 46.0. The number of hydrogen-bond donors (Lipinski definition) is 2. The van der Waals surface area contributed by atoms with Crippen molar-refractivity contribution in [1.82, 2.24) is 10.2 Å². The molecule has 0 aliphatic carbocycles. The highest BCUT2D eigenvalue weighted by Gasteiger charge is 2.39. The Morgan fingerprint density at radius 2 is 1.87 bits per heavy atom. The predicted octanol–water partition coefficient (Wildman–Crippen LogP) is 2.78. The lowest BCUT2D eigenvalue weighted by Crippen LogP contribution is -2.46. The largest absolute Gasteiger partial charge is 0.416 e. The zero-order chi connectivity index (χ0) is 21.7. The predicted molar refractivity (Wildman–Crippen MR) is 106 cm³/mol. The van der Waals surface area contributed by atoms with Gasteiger partial charge in [0.05, 0.1) is 30.9 Å². The molecule has 2 aromatic rings. The molecule has 0 bridgehead atoms. The first-order chi connectivity index (χ1) is 14.3. The number of aliphatic hydroxyl groups is 1. The van der Waals surface area contributed by atoms with Gasteiger partial charge in [-0.2, -0.15) is 13.2 Å². The number of benzene rings is 2. The van der Waals surface area contributed by atoms with E-state index in [1.807, 2.05) is 12.1 Å². The maximum atomic E-state index is 13.7. The van der Waals surface area contributed by atoms with Crippen LogP contribution in [0.5, 0.6) is 0 Å². The molecular formula is C22H25F3N2O3. The van der Waals surface area contributed by atoms with E-state index in [0.29, 0.717) is 18.5 Å². The molecule has 0 spiro atoms. The second kappa shape index (κ2) is 9.59. The Kier molecular flexibility index (Phi) is 7.12. The van der Waals surface area contributed by atoms with Crippen molar-refractivity contribution in [3.8, 4) is 0 Å². The number of amides is 1. The summed E-state index contributed by atoms with van der Waals surface area (Å²) in [6.07, 6.45) is -4.73. The van der Waals surface area contributed by atoms with E-state index in [4.69, 9.17) is 4.74 Å². The molecule has 0 aromatic heterocycles. The molecule has 2 aromatic carbocycles. The lowest BCUT2D eigenvalue weighted by atomic mass is 9.86. The molecule has 1 amide bonds. The number of hydrogen-bond acceptors (Lipinski definition) is 4. The van der Waals surface area contributed by atoms with Gasteiger partial charge in [-0.25, -0.2) is 0 Å². The highest BCUT2D eigenvalue weighted by Crippen LogP contribution is 2.41. The van der Waals surface area contributed by atoms with Crippen LogP contribution in [0.25, 0.3) is 0 Å². The zero-order valence-corrected chi connectivity index (χ0v) is 16.7. The van der Waals surface area contributed by atoms with E-state index in [1.165, 1.54) is 24.1 Å². The Morgan fingerprint density at radius 1 is 1.20 bits per heavy atom. The summed E-state index contributed by atoms with van der Waals surface area (Å²) in [6.45, 7) is 0.496. The smallest absolute Gasteiger partial charge is 0.389 e. The van der Waals surface area contributed by atoms with Crippen LogP contribution in [0.2, 0.25) is 0 Å². The summed E-state index contributed by atoms with van der Waals surface area (Å²) in [6, 6.07) is 11.9. The number of carbonyl (C=O) groups is 1. The van der Waals surface area contributed by atoms with Crippen molar-refractivity contribution < 1.29 is 27.8 Å². The lowest BCUT2D eigenvalue weighted by Gasteiger charge is -2.39. The van der Waals surface area contributed by atoms with Crippen molar-refractivity contribution in [3.63, 3.8) is 0 Å². The number of nitrogens with zero attached hydrogens (tertiary/aromatic N) is 1. The molecule has 162 valence electrons. The Hall–Kier alpha value is -2.42. The molecule has 1 heterocycles. The van der Waals surface area contributed by atoms with Gasteiger partial charge in [0.25, 0.3) is 0 Å². The van der Waals surface area contributed by atoms with Gasteiger partial charge in [-0.3, -0.25) is 4.79 Å². The van der Waals surface area contributed by atoms with Gasteiger partial charge in [-0.15, -0.1) is 0 Å². The third-order valence-corrected chi connectivity index (χ3v) is 5.18. The highest BCUT2D eigenvalue weighted by molar-refractivity contribution is 5.80. The topological polar surface area (TPSA) is 61.8 Å². The average molecular weight is 422 g/mol. The molecule has 0 saturated carbocycles. The molecule has 0 radical (unpaired) electrons. The van der Waals surface area contributed by atoms with Crippen LogP contribution in [-0.2, 0) is 22.1 Å². The molecule has 3 rings (SSSR count). The monoisotopic (exact) mass is 422 g/mol. The third kappa shape index (κ3) is 5.00. The van der Waals surface area contributed by atoms with Crippen LogP contribution < -0.4 is 5.32 Å². The van der Waals surface area contributed by atoms with Gasteiger partial charge < -0.3 is 20.1 Å². The van der Waals surface area contributed by atoms with E-state index in [0.717, 1.165) is 11.6 Å². The summed E-state index contributed by atoms with van der Waals surface area (Å²) in [7, 11) is 1.46.